The van der Waals surface area contributed by atoms with E-state index < -0.39 is 6.10 Å². The Labute approximate surface area is 152 Å². The highest BCUT2D eigenvalue weighted by atomic mass is 35.5. The molecule has 0 saturated carbocycles. The Morgan fingerprint density at radius 1 is 1.16 bits per heavy atom. The summed E-state index contributed by atoms with van der Waals surface area (Å²) < 4.78 is 5.59. The Bertz CT molecular complexity index is 800. The second kappa shape index (κ2) is 7.70. The molecule has 0 unspecified atom stereocenters. The molecular weight excluding hydrogens is 336 g/mol. The number of nitrogens with one attached hydrogen (secondary N) is 1. The fraction of sp³-hybridized carbons (Fsp3) is 0.300. The maximum absolute atomic E-state index is 12.2. The van der Waals surface area contributed by atoms with Crippen LogP contribution in [0.4, 0.5) is 0 Å². The van der Waals surface area contributed by atoms with Gasteiger partial charge in [0, 0.05) is 5.02 Å². The predicted octanol–water partition coefficient (Wildman–Crippen LogP) is 4.14. The number of ether oxygens (including phenoxy) is 1. The number of amides is 1. The molecule has 25 heavy (non-hydrogen) atoms. The number of carbonyl (C=O) groups excluding carboxylic acids is 1. The van der Waals surface area contributed by atoms with Crippen LogP contribution in [0.5, 0.6) is 5.75 Å². The Kier molecular flexibility index (Phi) is 5.39. The second-order valence-electron chi connectivity index (χ2n) is 6.22. The van der Waals surface area contributed by atoms with Crippen LogP contribution in [0.2, 0.25) is 5.02 Å². The van der Waals surface area contributed by atoms with E-state index in [4.69, 9.17) is 16.3 Å². The third-order valence-corrected chi connectivity index (χ3v) is 4.60. The van der Waals surface area contributed by atoms with Gasteiger partial charge in [0.05, 0.1) is 5.71 Å². The quantitative estimate of drug-likeness (QED) is 0.646. The molecule has 0 spiro atoms. The molecule has 0 fully saturated rings. The number of halogens is 1. The molecule has 130 valence electrons. The summed E-state index contributed by atoms with van der Waals surface area (Å²) in [7, 11) is 0. The summed E-state index contributed by atoms with van der Waals surface area (Å²) >= 11 is 5.84. The van der Waals surface area contributed by atoms with Gasteiger partial charge in [-0.25, -0.2) is 5.43 Å². The summed E-state index contributed by atoms with van der Waals surface area (Å²) in [5.41, 5.74) is 7.20. The Hall–Kier alpha value is -2.33. The van der Waals surface area contributed by atoms with Crippen molar-refractivity contribution in [3.8, 4) is 5.75 Å². The van der Waals surface area contributed by atoms with Crippen LogP contribution in [0.1, 0.15) is 37.0 Å². The summed E-state index contributed by atoms with van der Waals surface area (Å²) in [5, 5.41) is 4.84. The zero-order valence-corrected chi connectivity index (χ0v) is 15.1. The van der Waals surface area contributed by atoms with Crippen molar-refractivity contribution in [2.45, 2.75) is 39.2 Å². The van der Waals surface area contributed by atoms with E-state index >= 15 is 0 Å². The van der Waals surface area contributed by atoms with Crippen LogP contribution in [0.25, 0.3) is 0 Å². The molecule has 5 heteroatoms. The first-order valence-corrected chi connectivity index (χ1v) is 8.79. The maximum Gasteiger partial charge on any atom is 0.280 e. The van der Waals surface area contributed by atoms with Gasteiger partial charge in [0.25, 0.3) is 5.91 Å². The lowest BCUT2D eigenvalue weighted by molar-refractivity contribution is -0.127. The molecular formula is C20H21ClN2O2. The van der Waals surface area contributed by atoms with Gasteiger partial charge in [-0.05, 0) is 80.1 Å². The summed E-state index contributed by atoms with van der Waals surface area (Å²) in [6, 6.07) is 13.3. The first-order valence-electron chi connectivity index (χ1n) is 8.41. The number of aryl methyl sites for hydroxylation is 2. The van der Waals surface area contributed by atoms with E-state index in [1.807, 2.05) is 6.92 Å². The molecule has 0 bridgehead atoms. The van der Waals surface area contributed by atoms with E-state index in [2.05, 4.69) is 28.7 Å². The Morgan fingerprint density at radius 2 is 1.88 bits per heavy atom. The minimum absolute atomic E-state index is 0.296. The molecule has 1 N–H and O–H groups in total. The zero-order chi connectivity index (χ0) is 17.8. The fourth-order valence-corrected chi connectivity index (χ4v) is 2.99. The van der Waals surface area contributed by atoms with Gasteiger partial charge in [-0.2, -0.15) is 5.10 Å². The first kappa shape index (κ1) is 17.5. The summed E-state index contributed by atoms with van der Waals surface area (Å²) in [5.74, 6) is 0.293. The largest absolute Gasteiger partial charge is 0.481 e. The van der Waals surface area contributed by atoms with Crippen LogP contribution >= 0.6 is 11.6 Å². The molecule has 1 aliphatic carbocycles. The molecule has 1 atom stereocenters. The van der Waals surface area contributed by atoms with Gasteiger partial charge in [0.1, 0.15) is 5.75 Å². The number of benzene rings is 2. The van der Waals surface area contributed by atoms with Gasteiger partial charge in [0.15, 0.2) is 6.10 Å². The Morgan fingerprint density at radius 3 is 2.64 bits per heavy atom. The third kappa shape index (κ3) is 4.40. The molecule has 2 aromatic carbocycles. The number of fused-ring (bicyclic) bond motifs is 1. The van der Waals surface area contributed by atoms with E-state index in [-0.39, 0.29) is 5.91 Å². The van der Waals surface area contributed by atoms with Gasteiger partial charge < -0.3 is 4.74 Å². The average molecular weight is 357 g/mol. The lowest BCUT2D eigenvalue weighted by atomic mass is 10.0. The normalized spacial score (nSPS) is 14.8. The smallest absolute Gasteiger partial charge is 0.280 e. The van der Waals surface area contributed by atoms with Gasteiger partial charge in [-0.3, -0.25) is 4.79 Å². The van der Waals surface area contributed by atoms with Crippen molar-refractivity contribution in [3.05, 3.63) is 64.2 Å². The molecule has 0 aliphatic heterocycles. The first-order chi connectivity index (χ1) is 12.0. The van der Waals surface area contributed by atoms with Crippen LogP contribution in [-0.4, -0.2) is 17.7 Å². The number of carbonyl (C=O) groups is 1. The van der Waals surface area contributed by atoms with Crippen LogP contribution in [0.15, 0.2) is 47.6 Å². The monoisotopic (exact) mass is 356 g/mol. The summed E-state index contributed by atoms with van der Waals surface area (Å²) in [6.07, 6.45) is 2.83. The van der Waals surface area contributed by atoms with Gasteiger partial charge >= 0.3 is 0 Å². The standard InChI is InChI=1S/C20H21ClN2O2/c1-13(16-7-6-15-4-3-5-17(15)12-16)22-23-20(24)14(2)25-19-10-8-18(21)9-11-19/h6-12,14H,3-5H2,1-2H3,(H,23,24)/t14-/m1/s1. The van der Waals surface area contributed by atoms with Crippen LogP contribution in [0, 0.1) is 0 Å². The molecule has 2 aromatic rings. The molecule has 1 aliphatic rings. The molecule has 0 heterocycles. The number of hydrogen-bond acceptors (Lipinski definition) is 3. The fourth-order valence-electron chi connectivity index (χ4n) is 2.86. The van der Waals surface area contributed by atoms with Crippen molar-refractivity contribution in [2.75, 3.05) is 0 Å². The van der Waals surface area contributed by atoms with Crippen LogP contribution in [0.3, 0.4) is 0 Å². The van der Waals surface area contributed by atoms with Gasteiger partial charge in [-0.15, -0.1) is 0 Å². The molecule has 0 aromatic heterocycles. The topological polar surface area (TPSA) is 50.7 Å². The average Bonchev–Trinajstić information content (AvgIpc) is 3.08. The van der Waals surface area contributed by atoms with Gasteiger partial charge in [-0.1, -0.05) is 23.7 Å². The van der Waals surface area contributed by atoms with Gasteiger partial charge in [0.2, 0.25) is 0 Å². The zero-order valence-electron chi connectivity index (χ0n) is 14.4. The second-order valence-corrected chi connectivity index (χ2v) is 6.66. The highest BCUT2D eigenvalue weighted by Crippen LogP contribution is 2.23. The van der Waals surface area contributed by atoms with Crippen molar-refractivity contribution in [1.29, 1.82) is 0 Å². The van der Waals surface area contributed by atoms with Crippen LogP contribution in [-0.2, 0) is 17.6 Å². The van der Waals surface area contributed by atoms with Crippen LogP contribution < -0.4 is 10.2 Å². The molecule has 3 rings (SSSR count). The van der Waals surface area contributed by atoms with E-state index in [1.165, 1.54) is 17.5 Å². The SMILES string of the molecule is CC(=NNC(=O)[C@@H](C)Oc1ccc(Cl)cc1)c1ccc2c(c1)CCC2. The van der Waals surface area contributed by atoms with E-state index in [0.29, 0.717) is 10.8 Å². The Balaban J connectivity index is 1.60. The van der Waals surface area contributed by atoms with Crippen molar-refractivity contribution >= 4 is 23.2 Å². The molecule has 0 saturated heterocycles. The number of nitrogens with zero attached hydrogens (tertiary/aromatic N) is 1. The number of hydrazone groups is 1. The summed E-state index contributed by atoms with van der Waals surface area (Å²) in [6.45, 7) is 3.58. The summed E-state index contributed by atoms with van der Waals surface area (Å²) in [4.78, 5) is 12.2. The maximum atomic E-state index is 12.2. The highest BCUT2D eigenvalue weighted by molar-refractivity contribution is 6.30. The highest BCUT2D eigenvalue weighted by Gasteiger charge is 2.15. The number of rotatable bonds is 5. The molecule has 4 nitrogen and oxygen atoms in total. The third-order valence-electron chi connectivity index (χ3n) is 4.35. The lowest BCUT2D eigenvalue weighted by Crippen LogP contribution is -2.33. The molecule has 1 amide bonds. The van der Waals surface area contributed by atoms with Crippen molar-refractivity contribution < 1.29 is 9.53 Å². The minimum Gasteiger partial charge on any atom is -0.481 e. The minimum atomic E-state index is -0.655. The molecule has 0 radical (unpaired) electrons. The van der Waals surface area contributed by atoms with Crippen molar-refractivity contribution in [2.24, 2.45) is 5.10 Å². The van der Waals surface area contributed by atoms with E-state index in [9.17, 15) is 4.79 Å². The number of hydrogen-bond donors (Lipinski definition) is 1. The predicted molar refractivity (Wildman–Crippen MR) is 100 cm³/mol. The van der Waals surface area contributed by atoms with E-state index in [0.717, 1.165) is 24.1 Å². The lowest BCUT2D eigenvalue weighted by Gasteiger charge is -2.13. The van der Waals surface area contributed by atoms with Crippen molar-refractivity contribution in [3.63, 3.8) is 0 Å². The van der Waals surface area contributed by atoms with E-state index in [1.54, 1.807) is 31.2 Å². The van der Waals surface area contributed by atoms with Crippen molar-refractivity contribution in [1.82, 2.24) is 5.43 Å².